The van der Waals surface area contributed by atoms with Gasteiger partial charge >= 0.3 is 0 Å². The van der Waals surface area contributed by atoms with Crippen LogP contribution in [-0.2, 0) is 0 Å². The van der Waals surface area contributed by atoms with Crippen molar-refractivity contribution in [1.82, 2.24) is 14.5 Å². The average molecular weight is 203 g/mol. The fourth-order valence-corrected chi connectivity index (χ4v) is 1.37. The highest BCUT2D eigenvalue weighted by Crippen LogP contribution is 2.13. The molecule has 2 aromatic heterocycles. The fraction of sp³-hybridized carbons (Fsp3) is 0.200. The number of nitrogens with one attached hydrogen (secondary N) is 1. The molecule has 0 radical (unpaired) electrons. The Morgan fingerprint density at radius 3 is 2.73 bits per heavy atom. The van der Waals surface area contributed by atoms with Crippen LogP contribution in [0.4, 0.5) is 5.82 Å². The number of imidazole rings is 1. The Bertz CT molecular complexity index is 474. The zero-order valence-corrected chi connectivity index (χ0v) is 8.73. The van der Waals surface area contributed by atoms with Gasteiger partial charge in [0.15, 0.2) is 0 Å². The normalized spacial score (nSPS) is 10.3. The fourth-order valence-electron chi connectivity index (χ4n) is 1.37. The third kappa shape index (κ3) is 1.69. The second-order valence-corrected chi connectivity index (χ2v) is 3.31. The predicted molar refractivity (Wildman–Crippen MR) is 58.6 cm³/mol. The zero-order chi connectivity index (χ0) is 10.8. The van der Waals surface area contributed by atoms with Crippen molar-refractivity contribution < 1.29 is 0 Å². The molecule has 0 aromatic carbocycles. The molecule has 0 amide bonds. The molecule has 0 fully saturated rings. The number of nitrogens with zero attached hydrogens (tertiary/aromatic N) is 3. The van der Waals surface area contributed by atoms with E-state index in [2.05, 4.69) is 15.4 Å². The number of rotatable bonds is 2. The van der Waals surface area contributed by atoms with E-state index in [9.17, 15) is 0 Å². The van der Waals surface area contributed by atoms with Crippen LogP contribution in [0, 0.1) is 13.8 Å². The summed E-state index contributed by atoms with van der Waals surface area (Å²) >= 11 is 0. The molecule has 5 nitrogen and oxygen atoms in total. The van der Waals surface area contributed by atoms with Crippen LogP contribution in [0.3, 0.4) is 0 Å². The summed E-state index contributed by atoms with van der Waals surface area (Å²) in [5.41, 5.74) is 4.60. The lowest BCUT2D eigenvalue weighted by atomic mass is 10.3. The molecule has 3 N–H and O–H groups in total. The van der Waals surface area contributed by atoms with Gasteiger partial charge in [0.05, 0.1) is 5.69 Å². The van der Waals surface area contributed by atoms with E-state index in [0.717, 1.165) is 17.2 Å². The quantitative estimate of drug-likeness (QED) is 0.568. The molecule has 0 aliphatic carbocycles. The highest BCUT2D eigenvalue weighted by molar-refractivity contribution is 5.39. The highest BCUT2D eigenvalue weighted by Gasteiger charge is 2.05. The smallest absolute Gasteiger partial charge is 0.142 e. The minimum atomic E-state index is 0.637. The van der Waals surface area contributed by atoms with Crippen molar-refractivity contribution in [2.24, 2.45) is 5.84 Å². The summed E-state index contributed by atoms with van der Waals surface area (Å²) in [4.78, 5) is 8.54. The van der Waals surface area contributed by atoms with Gasteiger partial charge in [-0.15, -0.1) is 0 Å². The summed E-state index contributed by atoms with van der Waals surface area (Å²) in [6.45, 7) is 3.98. The number of nitrogen functional groups attached to an aromatic ring is 1. The van der Waals surface area contributed by atoms with E-state index in [4.69, 9.17) is 5.84 Å². The topological polar surface area (TPSA) is 68.8 Å². The largest absolute Gasteiger partial charge is 0.308 e. The Hall–Kier alpha value is -1.88. The van der Waals surface area contributed by atoms with Gasteiger partial charge in [0.1, 0.15) is 18.0 Å². The predicted octanol–water partition coefficient (Wildman–Crippen LogP) is 1.17. The van der Waals surface area contributed by atoms with E-state index in [1.165, 1.54) is 0 Å². The number of nitrogens with two attached hydrogens (primary N) is 1. The lowest BCUT2D eigenvalue weighted by Gasteiger charge is -2.06. The van der Waals surface area contributed by atoms with Crippen LogP contribution in [0.25, 0.3) is 5.82 Å². The molecule has 0 spiro atoms. The number of hydrogen-bond donors (Lipinski definition) is 2. The summed E-state index contributed by atoms with van der Waals surface area (Å²) in [7, 11) is 0. The van der Waals surface area contributed by atoms with Crippen molar-refractivity contribution in [3.63, 3.8) is 0 Å². The standard InChI is InChI=1S/C10H13N5/c1-7-8(2)15(6-12-7)10-5-3-4-9(13-10)14-11/h3-6H,11H2,1-2H3,(H,13,14). The third-order valence-electron chi connectivity index (χ3n) is 2.38. The molecule has 5 heteroatoms. The maximum Gasteiger partial charge on any atom is 0.142 e. The van der Waals surface area contributed by atoms with E-state index in [1.54, 1.807) is 6.33 Å². The summed E-state index contributed by atoms with van der Waals surface area (Å²) < 4.78 is 1.93. The van der Waals surface area contributed by atoms with Gasteiger partial charge in [0.25, 0.3) is 0 Å². The summed E-state index contributed by atoms with van der Waals surface area (Å²) in [6, 6.07) is 5.61. The molecule has 15 heavy (non-hydrogen) atoms. The van der Waals surface area contributed by atoms with Crippen LogP contribution in [0.5, 0.6) is 0 Å². The van der Waals surface area contributed by atoms with Crippen LogP contribution in [0.15, 0.2) is 24.5 Å². The molecule has 78 valence electrons. The summed E-state index contributed by atoms with van der Waals surface area (Å²) in [6.07, 6.45) is 1.76. The van der Waals surface area contributed by atoms with Crippen molar-refractivity contribution in [3.05, 3.63) is 35.9 Å². The number of aromatic nitrogens is 3. The van der Waals surface area contributed by atoms with E-state index in [0.29, 0.717) is 5.82 Å². The lowest BCUT2D eigenvalue weighted by molar-refractivity contribution is 0.949. The molecular weight excluding hydrogens is 190 g/mol. The first kappa shape index (κ1) is 9.67. The first-order valence-electron chi connectivity index (χ1n) is 4.67. The first-order chi connectivity index (χ1) is 7.22. The van der Waals surface area contributed by atoms with Gasteiger partial charge in [-0.25, -0.2) is 15.8 Å². The number of pyridine rings is 1. The van der Waals surface area contributed by atoms with Crippen LogP contribution >= 0.6 is 0 Å². The molecule has 2 heterocycles. The lowest BCUT2D eigenvalue weighted by Crippen LogP contribution is -2.09. The Morgan fingerprint density at radius 2 is 2.13 bits per heavy atom. The molecule has 2 rings (SSSR count). The van der Waals surface area contributed by atoms with Crippen molar-refractivity contribution >= 4 is 5.82 Å². The third-order valence-corrected chi connectivity index (χ3v) is 2.38. The Labute approximate surface area is 87.9 Å². The molecule has 0 saturated carbocycles. The van der Waals surface area contributed by atoms with Crippen molar-refractivity contribution in [1.29, 1.82) is 0 Å². The summed E-state index contributed by atoms with van der Waals surface area (Å²) in [5.74, 6) is 6.75. The van der Waals surface area contributed by atoms with Gasteiger partial charge in [-0.2, -0.15) is 0 Å². The van der Waals surface area contributed by atoms with E-state index >= 15 is 0 Å². The molecule has 0 unspecified atom stereocenters. The molecule has 0 saturated heterocycles. The molecule has 0 bridgehead atoms. The minimum Gasteiger partial charge on any atom is -0.308 e. The average Bonchev–Trinajstić information content (AvgIpc) is 2.60. The van der Waals surface area contributed by atoms with Crippen LogP contribution < -0.4 is 11.3 Å². The van der Waals surface area contributed by atoms with Gasteiger partial charge in [-0.3, -0.25) is 4.57 Å². The van der Waals surface area contributed by atoms with E-state index in [-0.39, 0.29) is 0 Å². The number of anilines is 1. The first-order valence-corrected chi connectivity index (χ1v) is 4.67. The van der Waals surface area contributed by atoms with Crippen molar-refractivity contribution in [2.45, 2.75) is 13.8 Å². The van der Waals surface area contributed by atoms with Crippen LogP contribution in [-0.4, -0.2) is 14.5 Å². The zero-order valence-electron chi connectivity index (χ0n) is 8.73. The molecule has 0 aliphatic heterocycles. The van der Waals surface area contributed by atoms with Gasteiger partial charge < -0.3 is 5.43 Å². The minimum absolute atomic E-state index is 0.637. The van der Waals surface area contributed by atoms with Crippen LogP contribution in [0.2, 0.25) is 0 Å². The monoisotopic (exact) mass is 203 g/mol. The van der Waals surface area contributed by atoms with Crippen molar-refractivity contribution in [3.8, 4) is 5.82 Å². The van der Waals surface area contributed by atoms with Gasteiger partial charge in [-0.05, 0) is 26.0 Å². The molecule has 0 atom stereocenters. The van der Waals surface area contributed by atoms with E-state index < -0.39 is 0 Å². The summed E-state index contributed by atoms with van der Waals surface area (Å²) in [5, 5.41) is 0. The molecule has 0 aliphatic rings. The Morgan fingerprint density at radius 1 is 1.33 bits per heavy atom. The Kier molecular flexibility index (Phi) is 2.39. The van der Waals surface area contributed by atoms with Crippen molar-refractivity contribution in [2.75, 3.05) is 5.43 Å². The number of hydrazine groups is 1. The number of hydrogen-bond acceptors (Lipinski definition) is 4. The number of aryl methyl sites for hydroxylation is 1. The second-order valence-electron chi connectivity index (χ2n) is 3.31. The SMILES string of the molecule is Cc1ncn(-c2cccc(NN)n2)c1C. The molecular formula is C10H13N5. The van der Waals surface area contributed by atoms with Gasteiger partial charge in [0.2, 0.25) is 0 Å². The van der Waals surface area contributed by atoms with Gasteiger partial charge in [-0.1, -0.05) is 6.07 Å². The highest BCUT2D eigenvalue weighted by atomic mass is 15.3. The molecule has 2 aromatic rings. The van der Waals surface area contributed by atoms with Gasteiger partial charge in [0, 0.05) is 5.69 Å². The maximum absolute atomic E-state index is 5.30. The maximum atomic E-state index is 5.30. The van der Waals surface area contributed by atoms with E-state index in [1.807, 2.05) is 36.6 Å². The van der Waals surface area contributed by atoms with Crippen LogP contribution in [0.1, 0.15) is 11.4 Å². The second kappa shape index (κ2) is 3.70. The Balaban J connectivity index is 2.49.